The minimum atomic E-state index is -0.310. The van der Waals surface area contributed by atoms with Crippen LogP contribution in [0.3, 0.4) is 0 Å². The first-order valence-corrected chi connectivity index (χ1v) is 9.07. The number of rotatable bonds is 8. The number of methoxy groups -OCH3 is 2. The van der Waals surface area contributed by atoms with Gasteiger partial charge in [0, 0.05) is 12.6 Å². The van der Waals surface area contributed by atoms with Gasteiger partial charge < -0.3 is 20.1 Å². The molecule has 1 aromatic heterocycles. The van der Waals surface area contributed by atoms with Gasteiger partial charge in [0.05, 0.1) is 31.8 Å². The number of carbonyl (C=O) groups excluding carboxylic acids is 1. The monoisotopic (exact) mass is 395 g/mol. The highest BCUT2D eigenvalue weighted by Gasteiger charge is 2.09. The van der Waals surface area contributed by atoms with Crippen LogP contribution in [-0.4, -0.2) is 31.7 Å². The van der Waals surface area contributed by atoms with E-state index in [1.54, 1.807) is 56.8 Å². The molecular weight excluding hydrogens is 373 g/mol. The summed E-state index contributed by atoms with van der Waals surface area (Å²) in [6.45, 7) is 0.324. The molecule has 2 N–H and O–H groups in total. The molecule has 0 fully saturated rings. The Morgan fingerprint density at radius 2 is 1.90 bits per heavy atom. The lowest BCUT2D eigenvalue weighted by molar-refractivity contribution is 0.0949. The standard InChI is InChI=1S/C22H22FN3O3/c1-28-17-8-10-19(21(13-17)29-2)26-16-7-9-20(25-14-16)22(27)24-12-11-15-5-3-4-6-18(15)23/h3-10,13-14,26H,11-12H2,1-2H3,(H,24,27). The van der Waals surface area contributed by atoms with Crippen molar-refractivity contribution in [1.29, 1.82) is 0 Å². The van der Waals surface area contributed by atoms with Crippen molar-refractivity contribution in [2.45, 2.75) is 6.42 Å². The Morgan fingerprint density at radius 1 is 1.07 bits per heavy atom. The molecule has 3 rings (SSSR count). The highest BCUT2D eigenvalue weighted by molar-refractivity contribution is 5.92. The molecule has 2 aromatic carbocycles. The molecule has 0 aliphatic rings. The van der Waals surface area contributed by atoms with Crippen LogP contribution in [0, 0.1) is 5.82 Å². The number of halogens is 1. The van der Waals surface area contributed by atoms with Crippen LogP contribution in [0.5, 0.6) is 11.5 Å². The van der Waals surface area contributed by atoms with Gasteiger partial charge >= 0.3 is 0 Å². The Morgan fingerprint density at radius 3 is 2.59 bits per heavy atom. The summed E-state index contributed by atoms with van der Waals surface area (Å²) in [5, 5.41) is 5.95. The normalized spacial score (nSPS) is 10.3. The highest BCUT2D eigenvalue weighted by atomic mass is 19.1. The number of benzene rings is 2. The molecule has 7 heteroatoms. The van der Waals surface area contributed by atoms with Gasteiger partial charge in [-0.3, -0.25) is 4.79 Å². The summed E-state index contributed by atoms with van der Waals surface area (Å²) >= 11 is 0. The number of aromatic nitrogens is 1. The molecule has 3 aromatic rings. The summed E-state index contributed by atoms with van der Waals surface area (Å²) in [6, 6.07) is 15.3. The van der Waals surface area contributed by atoms with Gasteiger partial charge in [0.25, 0.3) is 5.91 Å². The molecule has 150 valence electrons. The number of carbonyl (C=O) groups is 1. The van der Waals surface area contributed by atoms with E-state index >= 15 is 0 Å². The van der Waals surface area contributed by atoms with Crippen LogP contribution in [0.15, 0.2) is 60.8 Å². The predicted octanol–water partition coefficient (Wildman–Crippen LogP) is 3.95. The van der Waals surface area contributed by atoms with Gasteiger partial charge in [-0.15, -0.1) is 0 Å². The Hall–Kier alpha value is -3.61. The maximum Gasteiger partial charge on any atom is 0.269 e. The smallest absolute Gasteiger partial charge is 0.269 e. The van der Waals surface area contributed by atoms with Crippen LogP contribution < -0.4 is 20.1 Å². The fourth-order valence-corrected chi connectivity index (χ4v) is 2.76. The Labute approximate surface area is 168 Å². The second kappa shape index (κ2) is 9.54. The van der Waals surface area contributed by atoms with Gasteiger partial charge in [0.1, 0.15) is 23.0 Å². The fourth-order valence-electron chi connectivity index (χ4n) is 2.76. The van der Waals surface area contributed by atoms with Crippen LogP contribution in [0.1, 0.15) is 16.1 Å². The second-order valence-electron chi connectivity index (χ2n) is 6.22. The van der Waals surface area contributed by atoms with E-state index in [4.69, 9.17) is 9.47 Å². The molecule has 29 heavy (non-hydrogen) atoms. The van der Waals surface area contributed by atoms with E-state index in [9.17, 15) is 9.18 Å². The molecule has 1 heterocycles. The van der Waals surface area contributed by atoms with Crippen molar-refractivity contribution in [3.05, 3.63) is 77.9 Å². The van der Waals surface area contributed by atoms with Crippen molar-refractivity contribution in [1.82, 2.24) is 10.3 Å². The molecule has 1 amide bonds. The molecule has 0 radical (unpaired) electrons. The minimum Gasteiger partial charge on any atom is -0.497 e. The SMILES string of the molecule is COc1ccc(Nc2ccc(C(=O)NCCc3ccccc3F)nc2)c(OC)c1. The van der Waals surface area contributed by atoms with Crippen molar-refractivity contribution in [3.63, 3.8) is 0 Å². The molecule has 0 aliphatic heterocycles. The Kier molecular flexibility index (Phi) is 6.63. The van der Waals surface area contributed by atoms with E-state index in [-0.39, 0.29) is 17.4 Å². The third-order valence-electron chi connectivity index (χ3n) is 4.32. The summed E-state index contributed by atoms with van der Waals surface area (Å²) in [5.74, 6) is 0.728. The number of nitrogens with one attached hydrogen (secondary N) is 2. The molecule has 0 unspecified atom stereocenters. The van der Waals surface area contributed by atoms with Gasteiger partial charge in [-0.2, -0.15) is 0 Å². The van der Waals surface area contributed by atoms with Crippen LogP contribution in [0.2, 0.25) is 0 Å². The summed E-state index contributed by atoms with van der Waals surface area (Å²) in [7, 11) is 3.17. The molecule has 0 spiro atoms. The zero-order valence-electron chi connectivity index (χ0n) is 16.2. The summed E-state index contributed by atoms with van der Waals surface area (Å²) in [6.07, 6.45) is 1.98. The van der Waals surface area contributed by atoms with Crippen molar-refractivity contribution < 1.29 is 18.7 Å². The molecule has 0 saturated heterocycles. The molecule has 0 atom stereocenters. The largest absolute Gasteiger partial charge is 0.497 e. The van der Waals surface area contributed by atoms with Crippen LogP contribution in [-0.2, 0) is 6.42 Å². The molecular formula is C22H22FN3O3. The average Bonchev–Trinajstić information content (AvgIpc) is 2.75. The second-order valence-corrected chi connectivity index (χ2v) is 6.22. The number of anilines is 2. The van der Waals surface area contributed by atoms with Gasteiger partial charge in [-0.1, -0.05) is 18.2 Å². The number of hydrogen-bond acceptors (Lipinski definition) is 5. The summed E-state index contributed by atoms with van der Waals surface area (Å²) < 4.78 is 24.2. The maximum atomic E-state index is 13.6. The number of nitrogens with zero attached hydrogens (tertiary/aromatic N) is 1. The number of pyridine rings is 1. The van der Waals surface area contributed by atoms with E-state index < -0.39 is 0 Å². The van der Waals surface area contributed by atoms with E-state index in [1.807, 2.05) is 12.1 Å². The lowest BCUT2D eigenvalue weighted by Crippen LogP contribution is -2.26. The topological polar surface area (TPSA) is 72.5 Å². The lowest BCUT2D eigenvalue weighted by atomic mass is 10.1. The summed E-state index contributed by atoms with van der Waals surface area (Å²) in [5.41, 5.74) is 2.30. The minimum absolute atomic E-state index is 0.274. The number of hydrogen-bond donors (Lipinski definition) is 2. The van der Waals surface area contributed by atoms with Gasteiger partial charge in [-0.05, 0) is 42.3 Å². The van der Waals surface area contributed by atoms with E-state index in [0.717, 1.165) is 5.69 Å². The van der Waals surface area contributed by atoms with Gasteiger partial charge in [-0.25, -0.2) is 9.37 Å². The zero-order valence-corrected chi connectivity index (χ0v) is 16.2. The third kappa shape index (κ3) is 5.22. The number of amides is 1. The Bertz CT molecular complexity index is 977. The first-order chi connectivity index (χ1) is 14.1. The first-order valence-electron chi connectivity index (χ1n) is 9.07. The quantitative estimate of drug-likeness (QED) is 0.604. The van der Waals surface area contributed by atoms with Crippen molar-refractivity contribution in [3.8, 4) is 11.5 Å². The molecule has 0 saturated carbocycles. The zero-order chi connectivity index (χ0) is 20.6. The third-order valence-corrected chi connectivity index (χ3v) is 4.32. The highest BCUT2D eigenvalue weighted by Crippen LogP contribution is 2.31. The van der Waals surface area contributed by atoms with Crippen molar-refractivity contribution in [2.24, 2.45) is 0 Å². The van der Waals surface area contributed by atoms with Crippen LogP contribution in [0.25, 0.3) is 0 Å². The first kappa shape index (κ1) is 20.1. The maximum absolute atomic E-state index is 13.6. The van der Waals surface area contributed by atoms with Gasteiger partial charge in [0.15, 0.2) is 0 Å². The van der Waals surface area contributed by atoms with Gasteiger partial charge in [0.2, 0.25) is 0 Å². The molecule has 6 nitrogen and oxygen atoms in total. The molecule has 0 aliphatic carbocycles. The van der Waals surface area contributed by atoms with E-state index in [0.29, 0.717) is 35.7 Å². The van der Waals surface area contributed by atoms with E-state index in [1.165, 1.54) is 6.07 Å². The average molecular weight is 395 g/mol. The van der Waals surface area contributed by atoms with Crippen molar-refractivity contribution in [2.75, 3.05) is 26.1 Å². The predicted molar refractivity (Wildman–Crippen MR) is 110 cm³/mol. The Balaban J connectivity index is 1.58. The molecule has 0 bridgehead atoms. The van der Waals surface area contributed by atoms with E-state index in [2.05, 4.69) is 15.6 Å². The van der Waals surface area contributed by atoms with Crippen LogP contribution in [0.4, 0.5) is 15.8 Å². The van der Waals surface area contributed by atoms with Crippen molar-refractivity contribution >= 4 is 17.3 Å². The summed E-state index contributed by atoms with van der Waals surface area (Å²) in [4.78, 5) is 16.4. The number of ether oxygens (including phenoxy) is 2. The fraction of sp³-hybridized carbons (Fsp3) is 0.182. The lowest BCUT2D eigenvalue weighted by Gasteiger charge is -2.12. The van der Waals surface area contributed by atoms with Crippen LogP contribution >= 0.6 is 0 Å².